The van der Waals surface area contributed by atoms with Gasteiger partial charge in [0, 0.05) is 26.7 Å². The molecule has 0 aromatic carbocycles. The molecule has 3 atom stereocenters. The van der Waals surface area contributed by atoms with Crippen molar-refractivity contribution in [1.29, 1.82) is 0 Å². The summed E-state index contributed by atoms with van der Waals surface area (Å²) in [5.41, 5.74) is 0. The Kier molecular flexibility index (Phi) is 5.62. The number of amides is 2. The van der Waals surface area contributed by atoms with Crippen molar-refractivity contribution in [1.82, 2.24) is 15.1 Å². The fraction of sp³-hybridized carbons (Fsp3) is 0.875. The average molecular weight is 295 g/mol. The van der Waals surface area contributed by atoms with Gasteiger partial charge >= 0.3 is 0 Å². The van der Waals surface area contributed by atoms with Crippen LogP contribution < -0.4 is 5.32 Å². The van der Waals surface area contributed by atoms with Crippen molar-refractivity contribution in [2.75, 3.05) is 27.2 Å². The van der Waals surface area contributed by atoms with E-state index in [9.17, 15) is 9.59 Å². The zero-order valence-electron chi connectivity index (χ0n) is 13.6. The lowest BCUT2D eigenvalue weighted by molar-refractivity contribution is -0.140. The molecule has 0 aromatic heterocycles. The second-order valence-electron chi connectivity index (χ2n) is 6.65. The lowest BCUT2D eigenvalue weighted by Crippen LogP contribution is -2.48. The molecule has 0 aromatic rings. The highest BCUT2D eigenvalue weighted by atomic mass is 16.2. The molecule has 2 amide bonds. The minimum absolute atomic E-state index is 0.00721. The number of nitrogens with zero attached hydrogens (tertiary/aromatic N) is 2. The first-order valence-electron chi connectivity index (χ1n) is 8.28. The normalized spacial score (nSPS) is 28.0. The largest absolute Gasteiger partial charge is 0.347 e. The molecule has 5 nitrogen and oxygen atoms in total. The van der Waals surface area contributed by atoms with Crippen molar-refractivity contribution >= 4 is 11.8 Å². The molecule has 120 valence electrons. The first-order valence-corrected chi connectivity index (χ1v) is 8.28. The van der Waals surface area contributed by atoms with E-state index >= 15 is 0 Å². The summed E-state index contributed by atoms with van der Waals surface area (Å²) in [4.78, 5) is 27.9. The first-order chi connectivity index (χ1) is 10.0. The first kappa shape index (κ1) is 16.3. The van der Waals surface area contributed by atoms with Crippen molar-refractivity contribution in [2.45, 2.75) is 57.5 Å². The van der Waals surface area contributed by atoms with Crippen LogP contribution in [0.1, 0.15) is 45.4 Å². The van der Waals surface area contributed by atoms with Crippen LogP contribution in [0.5, 0.6) is 0 Å². The topological polar surface area (TPSA) is 52.7 Å². The maximum atomic E-state index is 12.7. The summed E-state index contributed by atoms with van der Waals surface area (Å²) < 4.78 is 0. The van der Waals surface area contributed by atoms with Crippen LogP contribution in [0.15, 0.2) is 0 Å². The Hall–Kier alpha value is -1.10. The van der Waals surface area contributed by atoms with E-state index in [-0.39, 0.29) is 24.4 Å². The Labute approximate surface area is 128 Å². The van der Waals surface area contributed by atoms with Gasteiger partial charge in [-0.2, -0.15) is 0 Å². The molecule has 5 heteroatoms. The van der Waals surface area contributed by atoms with Crippen LogP contribution in [0.4, 0.5) is 0 Å². The van der Waals surface area contributed by atoms with E-state index in [0.717, 1.165) is 12.8 Å². The zero-order chi connectivity index (χ0) is 15.4. The van der Waals surface area contributed by atoms with Crippen molar-refractivity contribution in [3.8, 4) is 0 Å². The minimum atomic E-state index is -0.0837. The van der Waals surface area contributed by atoms with E-state index in [1.165, 1.54) is 25.7 Å². The molecular weight excluding hydrogens is 266 g/mol. The molecule has 0 radical (unpaired) electrons. The van der Waals surface area contributed by atoms with Crippen LogP contribution in [0.3, 0.4) is 0 Å². The summed E-state index contributed by atoms with van der Waals surface area (Å²) in [6.45, 7) is 2.90. The van der Waals surface area contributed by atoms with Gasteiger partial charge in [0.05, 0.1) is 12.6 Å². The predicted molar refractivity (Wildman–Crippen MR) is 82.9 cm³/mol. The van der Waals surface area contributed by atoms with Crippen molar-refractivity contribution in [3.63, 3.8) is 0 Å². The fourth-order valence-electron chi connectivity index (χ4n) is 3.57. The molecule has 1 saturated heterocycles. The van der Waals surface area contributed by atoms with Gasteiger partial charge in [-0.05, 0) is 31.6 Å². The molecule has 21 heavy (non-hydrogen) atoms. The third kappa shape index (κ3) is 3.96. The molecule has 0 spiro atoms. The number of hydrogen-bond donors (Lipinski definition) is 1. The molecule has 1 aliphatic carbocycles. The summed E-state index contributed by atoms with van der Waals surface area (Å²) in [7, 11) is 3.47. The second kappa shape index (κ2) is 7.25. The van der Waals surface area contributed by atoms with Crippen LogP contribution in [0.2, 0.25) is 0 Å². The van der Waals surface area contributed by atoms with Crippen LogP contribution in [0.25, 0.3) is 0 Å². The third-order valence-corrected chi connectivity index (χ3v) is 4.79. The molecule has 3 unspecified atom stereocenters. The fourth-order valence-corrected chi connectivity index (χ4v) is 3.57. The van der Waals surface area contributed by atoms with Gasteiger partial charge < -0.3 is 15.1 Å². The number of hydrogen-bond acceptors (Lipinski definition) is 3. The van der Waals surface area contributed by atoms with E-state index in [4.69, 9.17) is 0 Å². The minimum Gasteiger partial charge on any atom is -0.347 e. The molecule has 1 heterocycles. The Morgan fingerprint density at radius 1 is 1.19 bits per heavy atom. The number of likely N-dealkylation sites (N-methyl/N-ethyl adjacent to an activating group) is 1. The van der Waals surface area contributed by atoms with Crippen molar-refractivity contribution in [2.24, 2.45) is 5.92 Å². The van der Waals surface area contributed by atoms with Gasteiger partial charge in [0.25, 0.3) is 0 Å². The SMILES string of the molecule is CCCN(CC(=O)N(C)C)C(=O)C1CC2CCCCC2N1. The summed E-state index contributed by atoms with van der Waals surface area (Å²) in [6.07, 6.45) is 6.82. The van der Waals surface area contributed by atoms with Gasteiger partial charge in [-0.15, -0.1) is 0 Å². The number of rotatable bonds is 5. The Morgan fingerprint density at radius 2 is 1.90 bits per heavy atom. The van der Waals surface area contributed by atoms with E-state index in [0.29, 0.717) is 18.5 Å². The van der Waals surface area contributed by atoms with Gasteiger partial charge in [0.2, 0.25) is 11.8 Å². The smallest absolute Gasteiger partial charge is 0.241 e. The molecule has 2 rings (SSSR count). The highest BCUT2D eigenvalue weighted by Gasteiger charge is 2.39. The maximum absolute atomic E-state index is 12.7. The van der Waals surface area contributed by atoms with Gasteiger partial charge in [-0.25, -0.2) is 0 Å². The summed E-state index contributed by atoms with van der Waals surface area (Å²) in [6, 6.07) is 0.431. The molecule has 1 saturated carbocycles. The number of fused-ring (bicyclic) bond motifs is 1. The zero-order valence-corrected chi connectivity index (χ0v) is 13.6. The monoisotopic (exact) mass is 295 g/mol. The number of carbonyl (C=O) groups is 2. The lowest BCUT2D eigenvalue weighted by Gasteiger charge is -2.26. The highest BCUT2D eigenvalue weighted by Crippen LogP contribution is 2.33. The highest BCUT2D eigenvalue weighted by molar-refractivity contribution is 5.87. The Balaban J connectivity index is 1.96. The summed E-state index contributed by atoms with van der Waals surface area (Å²) >= 11 is 0. The Bertz CT molecular complexity index is 370. The number of nitrogens with one attached hydrogen (secondary N) is 1. The molecule has 2 aliphatic rings. The Morgan fingerprint density at radius 3 is 2.52 bits per heavy atom. The molecule has 2 fully saturated rings. The standard InChI is InChI=1S/C16H29N3O2/c1-4-9-19(11-15(20)18(2)3)16(21)14-10-12-7-5-6-8-13(12)17-14/h12-14,17H,4-11H2,1-3H3. The van der Waals surface area contributed by atoms with E-state index in [2.05, 4.69) is 5.32 Å². The van der Waals surface area contributed by atoms with Crippen LogP contribution in [0, 0.1) is 5.92 Å². The van der Waals surface area contributed by atoms with Gasteiger partial charge in [0.1, 0.15) is 0 Å². The maximum Gasteiger partial charge on any atom is 0.241 e. The summed E-state index contributed by atoms with van der Waals surface area (Å²) in [5.74, 6) is 0.759. The van der Waals surface area contributed by atoms with Gasteiger partial charge in [0.15, 0.2) is 0 Å². The molecule has 1 N–H and O–H groups in total. The van der Waals surface area contributed by atoms with Crippen LogP contribution in [-0.4, -0.2) is 60.9 Å². The quantitative estimate of drug-likeness (QED) is 0.830. The van der Waals surface area contributed by atoms with Crippen LogP contribution >= 0.6 is 0 Å². The van der Waals surface area contributed by atoms with E-state index in [1.807, 2.05) is 6.92 Å². The predicted octanol–water partition coefficient (Wildman–Crippen LogP) is 1.23. The lowest BCUT2D eigenvalue weighted by atomic mass is 9.85. The van der Waals surface area contributed by atoms with E-state index in [1.54, 1.807) is 23.9 Å². The van der Waals surface area contributed by atoms with Crippen molar-refractivity contribution < 1.29 is 9.59 Å². The second-order valence-corrected chi connectivity index (χ2v) is 6.65. The average Bonchev–Trinajstić information content (AvgIpc) is 2.89. The van der Waals surface area contributed by atoms with Crippen molar-refractivity contribution in [3.05, 3.63) is 0 Å². The molecular formula is C16H29N3O2. The summed E-state index contributed by atoms with van der Waals surface area (Å²) in [5, 5.41) is 3.52. The molecule has 1 aliphatic heterocycles. The third-order valence-electron chi connectivity index (χ3n) is 4.79. The van der Waals surface area contributed by atoms with Crippen LogP contribution in [-0.2, 0) is 9.59 Å². The van der Waals surface area contributed by atoms with Gasteiger partial charge in [-0.3, -0.25) is 9.59 Å². The number of carbonyl (C=O) groups excluding carboxylic acids is 2. The van der Waals surface area contributed by atoms with Gasteiger partial charge in [-0.1, -0.05) is 19.8 Å². The molecule has 0 bridgehead atoms. The van der Waals surface area contributed by atoms with E-state index < -0.39 is 0 Å².